The Bertz CT molecular complexity index is 3030. The highest BCUT2D eigenvalue weighted by Crippen LogP contribution is 2.47. The van der Waals surface area contributed by atoms with Crippen LogP contribution in [-0.4, -0.2) is 0 Å². The van der Waals surface area contributed by atoms with Gasteiger partial charge in [0.15, 0.2) is 7.14 Å². The molecule has 1 nitrogen and oxygen atoms in total. The minimum absolute atomic E-state index is 0.822. The van der Waals surface area contributed by atoms with Crippen LogP contribution in [0, 0.1) is 0 Å². The Balaban J connectivity index is 1.25. The van der Waals surface area contributed by atoms with Crippen molar-refractivity contribution in [2.45, 2.75) is 0 Å². The predicted molar refractivity (Wildman–Crippen MR) is 232 cm³/mol. The molecule has 0 bridgehead atoms. The Kier molecular flexibility index (Phi) is 7.83. The molecule has 2 heteroatoms. The quantitative estimate of drug-likeness (QED) is 0.124. The van der Waals surface area contributed by atoms with Crippen molar-refractivity contribution in [1.82, 2.24) is 0 Å². The molecule has 0 spiro atoms. The van der Waals surface area contributed by atoms with Gasteiger partial charge in [-0.1, -0.05) is 188 Å². The Labute approximate surface area is 315 Å². The van der Waals surface area contributed by atoms with Gasteiger partial charge in [0.2, 0.25) is 0 Å². The molecular weight excluding hydrogens is 672 g/mol. The zero-order valence-corrected chi connectivity index (χ0v) is 30.5. The number of hydrogen-bond acceptors (Lipinski definition) is 1. The van der Waals surface area contributed by atoms with E-state index in [0.717, 1.165) is 27.0 Å². The van der Waals surface area contributed by atoms with Gasteiger partial charge in [-0.05, 0) is 101 Å². The molecular formula is C52H35OP. The predicted octanol–water partition coefficient (Wildman–Crippen LogP) is 12.9. The third kappa shape index (κ3) is 5.36. The summed E-state index contributed by atoms with van der Waals surface area (Å²) in [6, 6.07) is 74.7. The van der Waals surface area contributed by atoms with E-state index in [1.807, 2.05) is 66.7 Å². The van der Waals surface area contributed by atoms with E-state index in [-0.39, 0.29) is 0 Å². The van der Waals surface area contributed by atoms with E-state index >= 15 is 4.57 Å². The molecule has 254 valence electrons. The Hall–Kier alpha value is -6.53. The molecule has 0 aliphatic rings. The SMILES string of the molecule is O=P(c1ccccc1)(c1ccccc1)c1cccc(-c2ccc3c(-c4ccc5ccccc5c4)c4ccccc4c(-c4ccc5ccccc5c4)c3c2)c1. The zero-order valence-electron chi connectivity index (χ0n) is 29.6. The summed E-state index contributed by atoms with van der Waals surface area (Å²) in [7, 11) is -3.15. The maximum Gasteiger partial charge on any atom is 0.171 e. The summed E-state index contributed by atoms with van der Waals surface area (Å²) in [5.74, 6) is 0. The lowest BCUT2D eigenvalue weighted by molar-refractivity contribution is 0.592. The van der Waals surface area contributed by atoms with Crippen molar-refractivity contribution in [3.05, 3.63) is 212 Å². The van der Waals surface area contributed by atoms with E-state index in [1.54, 1.807) is 0 Å². The molecule has 0 heterocycles. The van der Waals surface area contributed by atoms with Gasteiger partial charge in [0.25, 0.3) is 0 Å². The lowest BCUT2D eigenvalue weighted by atomic mass is 9.84. The van der Waals surface area contributed by atoms with Gasteiger partial charge in [0.1, 0.15) is 0 Å². The van der Waals surface area contributed by atoms with E-state index in [4.69, 9.17) is 0 Å². The fraction of sp³-hybridized carbons (Fsp3) is 0. The van der Waals surface area contributed by atoms with Gasteiger partial charge in [-0.25, -0.2) is 0 Å². The molecule has 0 radical (unpaired) electrons. The number of benzene rings is 10. The van der Waals surface area contributed by atoms with E-state index in [1.165, 1.54) is 65.3 Å². The molecule has 10 rings (SSSR count). The van der Waals surface area contributed by atoms with Gasteiger partial charge in [0, 0.05) is 15.9 Å². The van der Waals surface area contributed by atoms with Gasteiger partial charge < -0.3 is 4.57 Å². The molecule has 0 saturated carbocycles. The largest absolute Gasteiger partial charge is 0.309 e. The first-order valence-electron chi connectivity index (χ1n) is 18.4. The minimum Gasteiger partial charge on any atom is -0.309 e. The zero-order chi connectivity index (χ0) is 36.1. The highest BCUT2D eigenvalue weighted by Gasteiger charge is 2.30. The summed E-state index contributed by atoms with van der Waals surface area (Å²) in [5, 5.41) is 12.2. The Morgan fingerprint density at radius 2 is 0.685 bits per heavy atom. The first kappa shape index (κ1) is 32.1. The average Bonchev–Trinajstić information content (AvgIpc) is 3.25. The molecule has 0 amide bonds. The number of rotatable bonds is 6. The second-order valence-electron chi connectivity index (χ2n) is 14.0. The monoisotopic (exact) mass is 706 g/mol. The van der Waals surface area contributed by atoms with Gasteiger partial charge in [0.05, 0.1) is 0 Å². The molecule has 0 N–H and O–H groups in total. The van der Waals surface area contributed by atoms with Crippen LogP contribution in [0.1, 0.15) is 0 Å². The third-order valence-corrected chi connectivity index (χ3v) is 13.9. The first-order valence-corrected chi connectivity index (χ1v) is 20.1. The van der Waals surface area contributed by atoms with Crippen molar-refractivity contribution < 1.29 is 4.57 Å². The van der Waals surface area contributed by atoms with E-state index in [9.17, 15) is 0 Å². The van der Waals surface area contributed by atoms with E-state index < -0.39 is 7.14 Å². The molecule has 0 unspecified atom stereocenters. The Morgan fingerprint density at radius 1 is 0.259 bits per heavy atom. The molecule has 0 aliphatic carbocycles. The molecule has 0 aliphatic heterocycles. The van der Waals surface area contributed by atoms with E-state index in [2.05, 4.69) is 146 Å². The van der Waals surface area contributed by atoms with Crippen molar-refractivity contribution >= 4 is 66.1 Å². The lowest BCUT2D eigenvalue weighted by Gasteiger charge is -2.21. The van der Waals surface area contributed by atoms with Crippen LogP contribution in [0.15, 0.2) is 212 Å². The minimum atomic E-state index is -3.15. The fourth-order valence-electron chi connectivity index (χ4n) is 8.27. The summed E-state index contributed by atoms with van der Waals surface area (Å²) in [4.78, 5) is 0. The van der Waals surface area contributed by atoms with Crippen LogP contribution in [0.2, 0.25) is 0 Å². The number of fused-ring (bicyclic) bond motifs is 4. The van der Waals surface area contributed by atoms with Crippen molar-refractivity contribution in [2.24, 2.45) is 0 Å². The third-order valence-electron chi connectivity index (χ3n) is 10.9. The molecule has 54 heavy (non-hydrogen) atoms. The topological polar surface area (TPSA) is 17.1 Å². The molecule has 10 aromatic carbocycles. The fourth-order valence-corrected chi connectivity index (χ4v) is 11.0. The van der Waals surface area contributed by atoms with Crippen LogP contribution >= 0.6 is 7.14 Å². The second-order valence-corrected chi connectivity index (χ2v) is 16.8. The normalized spacial score (nSPS) is 11.8. The standard InChI is InChI=1S/C52H35OP/c53-54(44-19-3-1-4-20-44,45-21-5-2-6-22-45)46-23-13-18-40(34-46)41-30-31-49-50(35-41)52(43-29-27-37-15-8-10-17-39(37)33-43)48-25-12-11-24-47(48)51(49)42-28-26-36-14-7-9-16-38(36)32-42/h1-35H. The van der Waals surface area contributed by atoms with Crippen molar-refractivity contribution in [3.8, 4) is 33.4 Å². The maximum atomic E-state index is 15.4. The summed E-state index contributed by atoms with van der Waals surface area (Å²) in [5.41, 5.74) is 6.94. The van der Waals surface area contributed by atoms with Crippen LogP contribution in [0.3, 0.4) is 0 Å². The number of hydrogen-bond donors (Lipinski definition) is 0. The van der Waals surface area contributed by atoms with Crippen molar-refractivity contribution in [2.75, 3.05) is 0 Å². The van der Waals surface area contributed by atoms with Crippen molar-refractivity contribution in [3.63, 3.8) is 0 Å². The van der Waals surface area contributed by atoms with Crippen LogP contribution in [0.25, 0.3) is 76.5 Å². The first-order chi connectivity index (χ1) is 26.6. The molecule has 0 saturated heterocycles. The summed E-state index contributed by atoms with van der Waals surface area (Å²) < 4.78 is 15.4. The molecule has 0 atom stereocenters. The van der Waals surface area contributed by atoms with Gasteiger partial charge in [-0.2, -0.15) is 0 Å². The average molecular weight is 707 g/mol. The summed E-state index contributed by atoms with van der Waals surface area (Å²) >= 11 is 0. The highest BCUT2D eigenvalue weighted by molar-refractivity contribution is 7.85. The smallest absolute Gasteiger partial charge is 0.171 e. The lowest BCUT2D eigenvalue weighted by Crippen LogP contribution is -2.25. The highest BCUT2D eigenvalue weighted by atomic mass is 31.2. The molecule has 0 aromatic heterocycles. The second kappa shape index (κ2) is 13.2. The van der Waals surface area contributed by atoms with E-state index in [0.29, 0.717) is 0 Å². The van der Waals surface area contributed by atoms with Crippen LogP contribution < -0.4 is 15.9 Å². The maximum absolute atomic E-state index is 15.4. The van der Waals surface area contributed by atoms with Crippen LogP contribution in [0.4, 0.5) is 0 Å². The molecule has 10 aromatic rings. The molecule has 0 fully saturated rings. The van der Waals surface area contributed by atoms with Crippen molar-refractivity contribution in [1.29, 1.82) is 0 Å². The van der Waals surface area contributed by atoms with Gasteiger partial charge >= 0.3 is 0 Å². The van der Waals surface area contributed by atoms with Crippen LogP contribution in [0.5, 0.6) is 0 Å². The van der Waals surface area contributed by atoms with Crippen LogP contribution in [-0.2, 0) is 4.57 Å². The summed E-state index contributed by atoms with van der Waals surface area (Å²) in [6.07, 6.45) is 0. The van der Waals surface area contributed by atoms with Gasteiger partial charge in [-0.3, -0.25) is 0 Å². The Morgan fingerprint density at radius 3 is 1.26 bits per heavy atom. The van der Waals surface area contributed by atoms with Gasteiger partial charge in [-0.15, -0.1) is 0 Å². The summed E-state index contributed by atoms with van der Waals surface area (Å²) in [6.45, 7) is 0.